The van der Waals surface area contributed by atoms with Crippen LogP contribution in [0.15, 0.2) is 79.9 Å². The Hall–Kier alpha value is -3.07. The lowest BCUT2D eigenvalue weighted by Crippen LogP contribution is -2.55. The molecule has 0 saturated carbocycles. The van der Waals surface area contributed by atoms with Gasteiger partial charge < -0.3 is 19.8 Å². The minimum Gasteiger partial charge on any atom is -0.396 e. The highest BCUT2D eigenvalue weighted by atomic mass is 35.5. The van der Waals surface area contributed by atoms with Gasteiger partial charge in [0, 0.05) is 36.7 Å². The van der Waals surface area contributed by atoms with Gasteiger partial charge in [0.2, 0.25) is 11.8 Å². The molecule has 3 saturated heterocycles. The van der Waals surface area contributed by atoms with Gasteiger partial charge in [-0.25, -0.2) is 0 Å². The number of fused-ring (bicyclic) bond motifs is 1. The van der Waals surface area contributed by atoms with Gasteiger partial charge in [0.15, 0.2) is 0 Å². The zero-order valence-electron chi connectivity index (χ0n) is 23.2. The molecule has 41 heavy (non-hydrogen) atoms. The highest BCUT2D eigenvalue weighted by Crippen LogP contribution is 2.71. The molecule has 216 valence electrons. The summed E-state index contributed by atoms with van der Waals surface area (Å²) in [5, 5.41) is 10.1. The van der Waals surface area contributed by atoms with E-state index in [-0.39, 0.29) is 37.4 Å². The molecule has 3 heterocycles. The average Bonchev–Trinajstić information content (AvgIpc) is 3.54. The summed E-state index contributed by atoms with van der Waals surface area (Å²) in [7, 11) is 0. The molecule has 2 aromatic rings. The van der Waals surface area contributed by atoms with Gasteiger partial charge in [-0.15, -0.1) is 24.9 Å². The van der Waals surface area contributed by atoms with E-state index in [0.29, 0.717) is 36.5 Å². The van der Waals surface area contributed by atoms with Crippen LogP contribution in [0.1, 0.15) is 26.2 Å². The molecule has 0 aromatic heterocycles. The first-order chi connectivity index (χ1) is 19.7. The SMILES string of the molecule is C=CCN(C(=O)[C@@H]1[C@H]2C(=O)N(CCCO)C(C(=O)N(CC=C)c3ccccc3Cl)C23CC[C@@]1(C)S3)c1ccccc1. The van der Waals surface area contributed by atoms with E-state index in [4.69, 9.17) is 11.6 Å². The summed E-state index contributed by atoms with van der Waals surface area (Å²) in [6.45, 7) is 10.4. The van der Waals surface area contributed by atoms with Crippen LogP contribution in [-0.2, 0) is 14.4 Å². The van der Waals surface area contributed by atoms with Crippen LogP contribution in [0.4, 0.5) is 11.4 Å². The number of carbonyl (C=O) groups excluding carboxylic acids is 3. The first-order valence-corrected chi connectivity index (χ1v) is 15.2. The summed E-state index contributed by atoms with van der Waals surface area (Å²) < 4.78 is -1.29. The molecular weight excluding hydrogens is 558 g/mol. The van der Waals surface area contributed by atoms with Crippen molar-refractivity contribution >= 4 is 52.5 Å². The molecule has 7 nitrogen and oxygen atoms in total. The lowest BCUT2D eigenvalue weighted by atomic mass is 9.66. The molecule has 1 N–H and O–H groups in total. The first kappa shape index (κ1) is 29.4. The zero-order valence-corrected chi connectivity index (χ0v) is 24.8. The number of hydrogen-bond donors (Lipinski definition) is 1. The zero-order chi connectivity index (χ0) is 29.4. The Morgan fingerprint density at radius 3 is 2.37 bits per heavy atom. The Bertz CT molecular complexity index is 1360. The lowest BCUT2D eigenvalue weighted by molar-refractivity contribution is -0.139. The van der Waals surface area contributed by atoms with Crippen LogP contribution in [0, 0.1) is 11.8 Å². The second kappa shape index (κ2) is 11.7. The van der Waals surface area contributed by atoms with Crippen LogP contribution < -0.4 is 9.80 Å². The smallest absolute Gasteiger partial charge is 0.251 e. The fourth-order valence-corrected chi connectivity index (χ4v) is 9.63. The minimum atomic E-state index is -0.808. The molecule has 5 rings (SSSR count). The van der Waals surface area contributed by atoms with E-state index in [0.717, 1.165) is 5.69 Å². The van der Waals surface area contributed by atoms with Crippen molar-refractivity contribution < 1.29 is 19.5 Å². The number of amides is 3. The number of carbonyl (C=O) groups is 3. The Morgan fingerprint density at radius 2 is 1.71 bits per heavy atom. The van der Waals surface area contributed by atoms with Crippen LogP contribution in [0.5, 0.6) is 0 Å². The van der Waals surface area contributed by atoms with Gasteiger partial charge in [-0.05, 0) is 50.5 Å². The van der Waals surface area contributed by atoms with E-state index in [1.807, 2.05) is 36.4 Å². The number of aliphatic hydroxyl groups is 1. The van der Waals surface area contributed by atoms with E-state index < -0.39 is 27.4 Å². The maximum Gasteiger partial charge on any atom is 0.251 e. The molecule has 3 aliphatic rings. The molecule has 3 amide bonds. The fourth-order valence-electron chi connectivity index (χ4n) is 7.04. The number of anilines is 2. The van der Waals surface area contributed by atoms with Gasteiger partial charge in [-0.1, -0.05) is 54.1 Å². The molecule has 1 spiro atoms. The van der Waals surface area contributed by atoms with Gasteiger partial charge in [0.05, 0.1) is 27.3 Å². The number of rotatable bonds is 11. The number of likely N-dealkylation sites (tertiary alicyclic amines) is 1. The summed E-state index contributed by atoms with van der Waals surface area (Å²) in [5.74, 6) is -1.86. The van der Waals surface area contributed by atoms with Gasteiger partial charge >= 0.3 is 0 Å². The molecule has 5 atom stereocenters. The topological polar surface area (TPSA) is 81.2 Å². The maximum atomic E-state index is 14.6. The van der Waals surface area contributed by atoms with Crippen molar-refractivity contribution in [2.75, 3.05) is 36.0 Å². The van der Waals surface area contributed by atoms with Crippen molar-refractivity contribution in [2.24, 2.45) is 11.8 Å². The maximum absolute atomic E-state index is 14.6. The van der Waals surface area contributed by atoms with E-state index >= 15 is 0 Å². The third-order valence-corrected chi connectivity index (χ3v) is 11.0. The number of para-hydroxylation sites is 2. The number of benzene rings is 2. The quantitative estimate of drug-likeness (QED) is 0.373. The monoisotopic (exact) mass is 593 g/mol. The number of aliphatic hydroxyl groups excluding tert-OH is 1. The number of thioether (sulfide) groups is 1. The van der Waals surface area contributed by atoms with Gasteiger partial charge in [0.25, 0.3) is 5.91 Å². The molecule has 3 aliphatic heterocycles. The Balaban J connectivity index is 1.59. The summed E-state index contributed by atoms with van der Waals surface area (Å²) in [6, 6.07) is 15.8. The summed E-state index contributed by atoms with van der Waals surface area (Å²) in [5.41, 5.74) is 1.29. The largest absolute Gasteiger partial charge is 0.396 e. The molecule has 2 bridgehead atoms. The van der Waals surface area contributed by atoms with E-state index in [1.165, 1.54) is 0 Å². The molecule has 9 heteroatoms. The van der Waals surface area contributed by atoms with Crippen molar-refractivity contribution in [3.8, 4) is 0 Å². The number of hydrogen-bond acceptors (Lipinski definition) is 5. The van der Waals surface area contributed by atoms with E-state index in [9.17, 15) is 19.5 Å². The van der Waals surface area contributed by atoms with Gasteiger partial charge in [-0.3, -0.25) is 14.4 Å². The van der Waals surface area contributed by atoms with Gasteiger partial charge in [-0.2, -0.15) is 0 Å². The van der Waals surface area contributed by atoms with Crippen LogP contribution in [0.25, 0.3) is 0 Å². The lowest BCUT2D eigenvalue weighted by Gasteiger charge is -2.38. The predicted molar refractivity (Wildman–Crippen MR) is 165 cm³/mol. The van der Waals surface area contributed by atoms with Crippen LogP contribution in [0.2, 0.25) is 5.02 Å². The normalized spacial score (nSPS) is 27.9. The predicted octanol–water partition coefficient (Wildman–Crippen LogP) is 4.94. The average molecular weight is 594 g/mol. The molecule has 0 radical (unpaired) electrons. The Labute approximate surface area is 250 Å². The Kier molecular flexibility index (Phi) is 8.37. The van der Waals surface area contributed by atoms with E-state index in [2.05, 4.69) is 20.1 Å². The van der Waals surface area contributed by atoms with Crippen LogP contribution in [-0.4, -0.2) is 69.5 Å². The molecule has 2 aromatic carbocycles. The number of nitrogens with zero attached hydrogens (tertiary/aromatic N) is 3. The van der Waals surface area contributed by atoms with Crippen molar-refractivity contribution in [1.29, 1.82) is 0 Å². The third-order valence-electron chi connectivity index (χ3n) is 8.70. The van der Waals surface area contributed by atoms with Crippen molar-refractivity contribution in [2.45, 2.75) is 41.7 Å². The first-order valence-electron chi connectivity index (χ1n) is 14.0. The number of halogens is 1. The second-order valence-corrected chi connectivity index (χ2v) is 13.4. The molecule has 2 unspecified atom stereocenters. The van der Waals surface area contributed by atoms with Crippen molar-refractivity contribution in [3.63, 3.8) is 0 Å². The molecule has 0 aliphatic carbocycles. The summed E-state index contributed by atoms with van der Waals surface area (Å²) in [6.07, 6.45) is 5.01. The van der Waals surface area contributed by atoms with Crippen molar-refractivity contribution in [1.82, 2.24) is 4.90 Å². The third kappa shape index (κ3) is 4.80. The molecular formula is C32H36ClN3O4S. The van der Waals surface area contributed by atoms with E-state index in [1.54, 1.807) is 56.8 Å². The highest BCUT2D eigenvalue weighted by molar-refractivity contribution is 8.02. The van der Waals surface area contributed by atoms with Crippen LogP contribution in [0.3, 0.4) is 0 Å². The Morgan fingerprint density at radius 1 is 1.05 bits per heavy atom. The van der Waals surface area contributed by atoms with Crippen LogP contribution >= 0.6 is 23.4 Å². The molecule has 3 fully saturated rings. The van der Waals surface area contributed by atoms with Gasteiger partial charge in [0.1, 0.15) is 6.04 Å². The summed E-state index contributed by atoms with van der Waals surface area (Å²) >= 11 is 8.17. The minimum absolute atomic E-state index is 0.114. The fraction of sp³-hybridized carbons (Fsp3) is 0.406. The highest BCUT2D eigenvalue weighted by Gasteiger charge is 2.77. The standard InChI is InChI=1S/C32H36ClN3O4S/c1-4-18-34(22-12-7-6-8-13-22)28(38)25-26-29(39)36(20-11-21-37)27(32(26)17-16-31(25,3)41-32)30(40)35(19-5-2)24-15-10-9-14-23(24)33/h4-10,12-15,25-27,37H,1-2,11,16-21H2,3H3/t25-,26-,27?,31+,32?/m0/s1. The summed E-state index contributed by atoms with van der Waals surface area (Å²) in [4.78, 5) is 48.3. The second-order valence-electron chi connectivity index (χ2n) is 11.1. The van der Waals surface area contributed by atoms with Crippen molar-refractivity contribution in [3.05, 3.63) is 84.9 Å².